The fourth-order valence-electron chi connectivity index (χ4n) is 3.95. The number of carbonyl (C=O) groups is 1. The number of halogens is 2. The number of ether oxygens (including phenoxy) is 2. The first-order valence-electron chi connectivity index (χ1n) is 10.2. The molecule has 2 aliphatic heterocycles. The van der Waals surface area contributed by atoms with Crippen LogP contribution in [0.5, 0.6) is 5.75 Å². The lowest BCUT2D eigenvalue weighted by Gasteiger charge is -2.46. The van der Waals surface area contributed by atoms with E-state index in [0.29, 0.717) is 47.8 Å². The molecular formula is C21H24Cl2N3O3PS. The second kappa shape index (κ2) is 9.26. The second-order valence-electron chi connectivity index (χ2n) is 7.21. The summed E-state index contributed by atoms with van der Waals surface area (Å²) in [5, 5.41) is 1.63. The molecule has 4 rings (SSSR count). The fraction of sp³-hybridized carbons (Fsp3) is 0.381. The third-order valence-electron chi connectivity index (χ3n) is 5.55. The number of morpholine rings is 1. The minimum atomic E-state index is -2.74. The first kappa shape index (κ1) is 22.8. The average Bonchev–Trinajstić information content (AvgIpc) is 2.77. The van der Waals surface area contributed by atoms with Crippen molar-refractivity contribution in [2.45, 2.75) is 13.8 Å². The number of anilines is 2. The summed E-state index contributed by atoms with van der Waals surface area (Å²) in [4.78, 5) is 15.6. The zero-order valence-corrected chi connectivity index (χ0v) is 20.6. The Balaban J connectivity index is 1.88. The van der Waals surface area contributed by atoms with Crippen LogP contribution in [0.3, 0.4) is 0 Å². The molecule has 1 unspecified atom stereocenters. The van der Waals surface area contributed by atoms with Crippen molar-refractivity contribution in [2.24, 2.45) is 0 Å². The normalized spacial score (nSPS) is 21.5. The Kier molecular flexibility index (Phi) is 6.82. The number of rotatable bonds is 5. The third kappa shape index (κ3) is 4.08. The van der Waals surface area contributed by atoms with Crippen molar-refractivity contribution in [2.75, 3.05) is 49.0 Å². The highest BCUT2D eigenvalue weighted by atomic mass is 35.5. The van der Waals surface area contributed by atoms with Crippen LogP contribution in [0, 0.1) is 0 Å². The smallest absolute Gasteiger partial charge is 0.409 e. The SMILES string of the molecule is CCN(CC)c1ccc2c(c1)OC(=O)N(c1ccc(Cl)c(Cl)c1)P2(=S)N1CCOCC1. The molecule has 6 nitrogen and oxygen atoms in total. The maximum Gasteiger partial charge on any atom is 0.424 e. The summed E-state index contributed by atoms with van der Waals surface area (Å²) in [6.45, 7) is 8.31. The summed E-state index contributed by atoms with van der Waals surface area (Å²) in [5.74, 6) is 0.528. The van der Waals surface area contributed by atoms with Gasteiger partial charge < -0.3 is 14.4 Å². The Bertz CT molecular complexity index is 1040. The van der Waals surface area contributed by atoms with Crippen molar-refractivity contribution in [1.29, 1.82) is 0 Å². The van der Waals surface area contributed by atoms with E-state index in [1.807, 2.05) is 12.1 Å². The first-order chi connectivity index (χ1) is 14.9. The second-order valence-corrected chi connectivity index (χ2v) is 12.1. The molecule has 1 amide bonds. The summed E-state index contributed by atoms with van der Waals surface area (Å²) in [7, 11) is 0. The lowest BCUT2D eigenvalue weighted by Crippen LogP contribution is -2.48. The molecule has 10 heteroatoms. The van der Waals surface area contributed by atoms with Gasteiger partial charge in [0.05, 0.1) is 34.3 Å². The van der Waals surface area contributed by atoms with Crippen molar-refractivity contribution in [3.8, 4) is 5.75 Å². The van der Waals surface area contributed by atoms with Crippen LogP contribution in [0.1, 0.15) is 13.8 Å². The van der Waals surface area contributed by atoms with Gasteiger partial charge in [-0.1, -0.05) is 35.0 Å². The predicted octanol–water partition coefficient (Wildman–Crippen LogP) is 5.13. The Hall–Kier alpha value is -1.34. The Morgan fingerprint density at radius 2 is 1.77 bits per heavy atom. The van der Waals surface area contributed by atoms with Gasteiger partial charge in [0.25, 0.3) is 0 Å². The summed E-state index contributed by atoms with van der Waals surface area (Å²) in [5.41, 5.74) is 1.58. The van der Waals surface area contributed by atoms with Crippen molar-refractivity contribution >= 4 is 64.1 Å². The quantitative estimate of drug-likeness (QED) is 0.531. The van der Waals surface area contributed by atoms with Crippen LogP contribution >= 0.6 is 29.5 Å². The van der Waals surface area contributed by atoms with Crippen LogP contribution in [-0.4, -0.2) is 50.2 Å². The molecule has 0 aliphatic carbocycles. The molecule has 0 bridgehead atoms. The number of hydrogen-bond donors (Lipinski definition) is 0. The number of carbonyl (C=O) groups excluding carboxylic acids is 1. The number of hydrogen-bond acceptors (Lipinski definition) is 5. The summed E-state index contributed by atoms with van der Waals surface area (Å²) in [6.07, 6.45) is -3.25. The van der Waals surface area contributed by atoms with E-state index in [1.54, 1.807) is 22.9 Å². The molecule has 2 aromatic rings. The van der Waals surface area contributed by atoms with Gasteiger partial charge in [0.2, 0.25) is 0 Å². The highest BCUT2D eigenvalue weighted by Crippen LogP contribution is 2.59. The standard InChI is InChI=1S/C21H24Cl2N3O3PS/c1-3-24(4-2)15-6-8-20-19(14-15)29-21(27)26(16-5-7-17(22)18(23)13-16)30(20,31)25-9-11-28-12-10-25/h5-8,13-14H,3-4,9-12H2,1-2H3. The monoisotopic (exact) mass is 499 g/mol. The van der Waals surface area contributed by atoms with Gasteiger partial charge in [-0.25, -0.2) is 9.46 Å². The van der Waals surface area contributed by atoms with Gasteiger partial charge >= 0.3 is 6.09 Å². The van der Waals surface area contributed by atoms with Crippen molar-refractivity contribution in [1.82, 2.24) is 4.67 Å². The van der Waals surface area contributed by atoms with Crippen LogP contribution in [0.15, 0.2) is 36.4 Å². The summed E-state index contributed by atoms with van der Waals surface area (Å²) in [6, 6.07) is 11.1. The van der Waals surface area contributed by atoms with E-state index in [9.17, 15) is 4.79 Å². The molecule has 0 N–H and O–H groups in total. The number of fused-ring (bicyclic) bond motifs is 1. The van der Waals surface area contributed by atoms with E-state index >= 15 is 0 Å². The van der Waals surface area contributed by atoms with Crippen molar-refractivity contribution in [3.63, 3.8) is 0 Å². The molecule has 2 heterocycles. The minimum absolute atomic E-state index is 0.359. The summed E-state index contributed by atoms with van der Waals surface area (Å²) < 4.78 is 15.2. The lowest BCUT2D eigenvalue weighted by molar-refractivity contribution is 0.0747. The van der Waals surface area contributed by atoms with Crippen molar-refractivity contribution in [3.05, 3.63) is 46.4 Å². The third-order valence-corrected chi connectivity index (χ3v) is 11.2. The molecule has 31 heavy (non-hydrogen) atoms. The van der Waals surface area contributed by atoms with Crippen LogP contribution < -0.4 is 19.6 Å². The minimum Gasteiger partial charge on any atom is -0.409 e. The van der Waals surface area contributed by atoms with E-state index in [2.05, 4.69) is 29.5 Å². The summed E-state index contributed by atoms with van der Waals surface area (Å²) >= 11 is 18.8. The Morgan fingerprint density at radius 1 is 1.06 bits per heavy atom. The van der Waals surface area contributed by atoms with E-state index < -0.39 is 12.4 Å². The van der Waals surface area contributed by atoms with Gasteiger partial charge in [-0.2, -0.15) is 0 Å². The Morgan fingerprint density at radius 3 is 2.42 bits per heavy atom. The maximum atomic E-state index is 13.3. The molecule has 2 aliphatic rings. The van der Waals surface area contributed by atoms with Crippen LogP contribution in [-0.2, 0) is 16.5 Å². The van der Waals surface area contributed by atoms with Gasteiger partial charge in [0.1, 0.15) is 12.1 Å². The van der Waals surface area contributed by atoms with Crippen LogP contribution in [0.4, 0.5) is 16.2 Å². The van der Waals surface area contributed by atoms with Gasteiger partial charge in [0, 0.05) is 37.9 Å². The first-order valence-corrected chi connectivity index (χ1v) is 13.7. The zero-order valence-electron chi connectivity index (χ0n) is 17.4. The molecule has 1 fully saturated rings. The lowest BCUT2D eigenvalue weighted by atomic mass is 10.2. The van der Waals surface area contributed by atoms with Crippen LogP contribution in [0.2, 0.25) is 10.0 Å². The van der Waals surface area contributed by atoms with Gasteiger partial charge in [0.15, 0.2) is 0 Å². The highest BCUT2D eigenvalue weighted by Gasteiger charge is 2.46. The van der Waals surface area contributed by atoms with Gasteiger partial charge in [-0.15, -0.1) is 0 Å². The van der Waals surface area contributed by atoms with Crippen LogP contribution in [0.25, 0.3) is 0 Å². The predicted molar refractivity (Wildman–Crippen MR) is 131 cm³/mol. The largest absolute Gasteiger partial charge is 0.424 e. The molecule has 1 saturated heterocycles. The molecule has 0 spiro atoms. The van der Waals surface area contributed by atoms with Gasteiger partial charge in [-0.05, 0) is 44.2 Å². The van der Waals surface area contributed by atoms with E-state index in [4.69, 9.17) is 44.5 Å². The molecule has 0 radical (unpaired) electrons. The Labute approximate surface area is 197 Å². The number of amides is 1. The molecule has 0 aromatic heterocycles. The maximum absolute atomic E-state index is 13.3. The molecule has 166 valence electrons. The fourth-order valence-corrected chi connectivity index (χ4v) is 8.51. The highest BCUT2D eigenvalue weighted by molar-refractivity contribution is 8.18. The average molecular weight is 500 g/mol. The van der Waals surface area contributed by atoms with Crippen molar-refractivity contribution < 1.29 is 14.3 Å². The molecule has 2 aromatic carbocycles. The number of benzene rings is 2. The number of nitrogens with zero attached hydrogens (tertiary/aromatic N) is 3. The van der Waals surface area contributed by atoms with E-state index in [0.717, 1.165) is 24.1 Å². The molecular weight excluding hydrogens is 476 g/mol. The topological polar surface area (TPSA) is 45.2 Å². The van der Waals surface area contributed by atoms with E-state index in [-0.39, 0.29) is 0 Å². The molecule has 1 atom stereocenters. The van der Waals surface area contributed by atoms with E-state index in [1.165, 1.54) is 0 Å². The zero-order chi connectivity index (χ0) is 22.2. The molecule has 0 saturated carbocycles. The van der Waals surface area contributed by atoms with Gasteiger partial charge in [-0.3, -0.25) is 4.67 Å².